The van der Waals surface area contributed by atoms with E-state index in [1.807, 2.05) is 0 Å². The number of hydrogen-bond donors (Lipinski definition) is 0. The number of benzene rings is 1. The van der Waals surface area contributed by atoms with Crippen molar-refractivity contribution in [2.75, 3.05) is 13.7 Å². The number of rotatable bonds is 6. The number of ketones is 1. The van der Waals surface area contributed by atoms with Gasteiger partial charge in [-0.25, -0.2) is 14.0 Å². The fourth-order valence-electron chi connectivity index (χ4n) is 4.02. The van der Waals surface area contributed by atoms with Gasteiger partial charge in [-0.15, -0.1) is 0 Å². The molecule has 1 aliphatic heterocycles. The van der Waals surface area contributed by atoms with Crippen LogP contribution in [-0.4, -0.2) is 59.2 Å². The molecule has 1 aliphatic rings. The Morgan fingerprint density at radius 3 is 2.32 bits per heavy atom. The van der Waals surface area contributed by atoms with Crippen molar-refractivity contribution < 1.29 is 41.4 Å². The van der Waals surface area contributed by atoms with Gasteiger partial charge in [0.1, 0.15) is 11.8 Å². The lowest BCUT2D eigenvalue weighted by Gasteiger charge is -2.27. The van der Waals surface area contributed by atoms with Gasteiger partial charge in [0.05, 0.1) is 36.5 Å². The third-order valence-electron chi connectivity index (χ3n) is 5.79. The standard InChI is InChI=1S/C26H28F4N2O5/c1-25(2,3)37-24(35)32-14-18(27)12-21(32)22(33)10-7-16-11-20(31-13-19(16)23(34)36-4)15-5-8-17(9-6-15)26(28,29)30/h5-6,8-9,11,13,18,21H,7,10,12,14H2,1-4H3/t18-,21+/m1/s1. The zero-order chi connectivity index (χ0) is 27.5. The lowest BCUT2D eigenvalue weighted by molar-refractivity contribution is -0.137. The number of alkyl halides is 4. The van der Waals surface area contributed by atoms with E-state index in [1.54, 1.807) is 20.8 Å². The molecule has 200 valence electrons. The molecule has 0 spiro atoms. The van der Waals surface area contributed by atoms with Crippen LogP contribution in [0, 0.1) is 0 Å². The molecule has 3 rings (SSSR count). The summed E-state index contributed by atoms with van der Waals surface area (Å²) in [5, 5.41) is 0. The third kappa shape index (κ3) is 7.05. The highest BCUT2D eigenvalue weighted by atomic mass is 19.4. The van der Waals surface area contributed by atoms with Crippen LogP contribution in [0.15, 0.2) is 36.5 Å². The van der Waals surface area contributed by atoms with Crippen molar-refractivity contribution >= 4 is 17.8 Å². The number of ether oxygens (including phenoxy) is 2. The van der Waals surface area contributed by atoms with Crippen molar-refractivity contribution in [3.05, 3.63) is 53.2 Å². The molecular weight excluding hydrogens is 496 g/mol. The molecule has 7 nitrogen and oxygen atoms in total. The topological polar surface area (TPSA) is 85.8 Å². The molecule has 1 saturated heterocycles. The number of nitrogens with zero attached hydrogens (tertiary/aromatic N) is 2. The number of likely N-dealkylation sites (tertiary alicyclic amines) is 1. The van der Waals surface area contributed by atoms with E-state index in [4.69, 9.17) is 9.47 Å². The van der Waals surface area contributed by atoms with Crippen LogP contribution in [-0.2, 0) is 26.9 Å². The second-order valence-corrected chi connectivity index (χ2v) is 9.74. The van der Waals surface area contributed by atoms with Crippen molar-refractivity contribution in [2.24, 2.45) is 0 Å². The summed E-state index contributed by atoms with van der Waals surface area (Å²) < 4.78 is 62.9. The van der Waals surface area contributed by atoms with Crippen LogP contribution < -0.4 is 0 Å². The van der Waals surface area contributed by atoms with Crippen LogP contribution in [0.4, 0.5) is 22.4 Å². The van der Waals surface area contributed by atoms with Crippen LogP contribution >= 0.6 is 0 Å². The maximum absolute atomic E-state index is 14.2. The van der Waals surface area contributed by atoms with E-state index >= 15 is 0 Å². The van der Waals surface area contributed by atoms with Crippen molar-refractivity contribution in [1.82, 2.24) is 9.88 Å². The van der Waals surface area contributed by atoms with Gasteiger partial charge in [-0.2, -0.15) is 13.2 Å². The first-order chi connectivity index (χ1) is 17.2. The maximum atomic E-state index is 14.2. The zero-order valence-corrected chi connectivity index (χ0v) is 20.9. The number of aromatic nitrogens is 1. The highest BCUT2D eigenvalue weighted by molar-refractivity contribution is 5.92. The van der Waals surface area contributed by atoms with E-state index in [9.17, 15) is 31.9 Å². The summed E-state index contributed by atoms with van der Waals surface area (Å²) in [6.45, 7) is 4.73. The minimum atomic E-state index is -4.49. The van der Waals surface area contributed by atoms with Gasteiger partial charge >= 0.3 is 18.2 Å². The molecule has 0 saturated carbocycles. The number of Topliss-reactive ketones (excluding diaryl/α,β-unsaturated/α-hetero) is 1. The quantitative estimate of drug-likeness (QED) is 0.372. The van der Waals surface area contributed by atoms with E-state index in [0.29, 0.717) is 16.8 Å². The number of esters is 1. The molecular formula is C26H28F4N2O5. The van der Waals surface area contributed by atoms with E-state index < -0.39 is 47.4 Å². The molecule has 0 unspecified atom stereocenters. The average molecular weight is 525 g/mol. The number of pyridine rings is 1. The number of halogens is 4. The summed E-state index contributed by atoms with van der Waals surface area (Å²) >= 11 is 0. The van der Waals surface area contributed by atoms with Crippen LogP contribution in [0.1, 0.15) is 55.1 Å². The smallest absolute Gasteiger partial charge is 0.416 e. The van der Waals surface area contributed by atoms with Crippen LogP contribution in [0.2, 0.25) is 0 Å². The third-order valence-corrected chi connectivity index (χ3v) is 5.79. The summed E-state index contributed by atoms with van der Waals surface area (Å²) in [4.78, 5) is 43.1. The molecule has 0 N–H and O–H groups in total. The van der Waals surface area contributed by atoms with E-state index in [1.165, 1.54) is 31.5 Å². The summed E-state index contributed by atoms with van der Waals surface area (Å²) in [6.07, 6.45) is -5.66. The fraction of sp³-hybridized carbons (Fsp3) is 0.462. The van der Waals surface area contributed by atoms with E-state index in [0.717, 1.165) is 17.0 Å². The van der Waals surface area contributed by atoms with Gasteiger partial charge in [0.2, 0.25) is 0 Å². The molecule has 0 aliphatic carbocycles. The summed E-state index contributed by atoms with van der Waals surface area (Å²) in [6, 6.07) is 4.86. The molecule has 1 aromatic heterocycles. The SMILES string of the molecule is COC(=O)c1cnc(-c2ccc(C(F)(F)F)cc2)cc1CCC(=O)[C@@H]1C[C@@H](F)CN1C(=O)OC(C)(C)C. The monoisotopic (exact) mass is 524 g/mol. The molecule has 1 amide bonds. The average Bonchev–Trinajstić information content (AvgIpc) is 3.22. The van der Waals surface area contributed by atoms with Gasteiger partial charge in [-0.3, -0.25) is 14.7 Å². The molecule has 2 heterocycles. The lowest BCUT2D eigenvalue weighted by atomic mass is 9.97. The van der Waals surface area contributed by atoms with Crippen LogP contribution in [0.25, 0.3) is 11.3 Å². The predicted octanol–water partition coefficient (Wildman–Crippen LogP) is 5.40. The number of hydrogen-bond acceptors (Lipinski definition) is 6. The Kier molecular flexibility index (Phi) is 8.24. The van der Waals surface area contributed by atoms with Gasteiger partial charge in [0.15, 0.2) is 5.78 Å². The normalized spacial score (nSPS) is 18.0. The number of amides is 1. The van der Waals surface area contributed by atoms with Crippen LogP contribution in [0.3, 0.4) is 0 Å². The summed E-state index contributed by atoms with van der Waals surface area (Å²) in [7, 11) is 1.18. The molecule has 2 aromatic rings. The van der Waals surface area contributed by atoms with Crippen molar-refractivity contribution in [3.8, 4) is 11.3 Å². The second kappa shape index (κ2) is 10.9. The minimum absolute atomic E-state index is 0.0367. The summed E-state index contributed by atoms with van der Waals surface area (Å²) in [5.74, 6) is -1.11. The first kappa shape index (κ1) is 28.1. The maximum Gasteiger partial charge on any atom is 0.416 e. The number of methoxy groups -OCH3 is 1. The van der Waals surface area contributed by atoms with E-state index in [2.05, 4.69) is 4.98 Å². The minimum Gasteiger partial charge on any atom is -0.465 e. The highest BCUT2D eigenvalue weighted by Crippen LogP contribution is 2.31. The van der Waals surface area contributed by atoms with Gasteiger partial charge in [-0.05, 0) is 51.0 Å². The molecule has 1 aromatic carbocycles. The number of carbonyl (C=O) groups is 3. The van der Waals surface area contributed by atoms with E-state index in [-0.39, 0.29) is 31.4 Å². The Morgan fingerprint density at radius 2 is 1.76 bits per heavy atom. The zero-order valence-electron chi connectivity index (χ0n) is 20.9. The van der Waals surface area contributed by atoms with Crippen molar-refractivity contribution in [3.63, 3.8) is 0 Å². The van der Waals surface area contributed by atoms with Crippen LogP contribution in [0.5, 0.6) is 0 Å². The molecule has 37 heavy (non-hydrogen) atoms. The molecule has 0 bridgehead atoms. The molecule has 2 atom stereocenters. The highest BCUT2D eigenvalue weighted by Gasteiger charge is 2.41. The first-order valence-corrected chi connectivity index (χ1v) is 11.6. The molecule has 1 fully saturated rings. The Bertz CT molecular complexity index is 1160. The van der Waals surface area contributed by atoms with Gasteiger partial charge in [0, 0.05) is 24.6 Å². The fourth-order valence-corrected chi connectivity index (χ4v) is 4.02. The Balaban J connectivity index is 1.82. The molecule has 11 heteroatoms. The Hall–Kier alpha value is -3.50. The van der Waals surface area contributed by atoms with Crippen molar-refractivity contribution in [1.29, 1.82) is 0 Å². The lowest BCUT2D eigenvalue weighted by Crippen LogP contribution is -2.43. The van der Waals surface area contributed by atoms with Gasteiger partial charge in [0.25, 0.3) is 0 Å². The second-order valence-electron chi connectivity index (χ2n) is 9.74. The predicted molar refractivity (Wildman–Crippen MR) is 126 cm³/mol. The number of aryl methyl sites for hydroxylation is 1. The molecule has 0 radical (unpaired) electrons. The largest absolute Gasteiger partial charge is 0.465 e. The Morgan fingerprint density at radius 1 is 1.11 bits per heavy atom. The van der Waals surface area contributed by atoms with Gasteiger partial charge in [-0.1, -0.05) is 12.1 Å². The van der Waals surface area contributed by atoms with Crippen molar-refractivity contribution in [2.45, 2.75) is 64.0 Å². The summed E-state index contributed by atoms with van der Waals surface area (Å²) in [5.41, 5.74) is -0.493. The first-order valence-electron chi connectivity index (χ1n) is 11.6. The number of carbonyl (C=O) groups excluding carboxylic acids is 3. The Labute approximate surface area is 211 Å². The van der Waals surface area contributed by atoms with Gasteiger partial charge < -0.3 is 9.47 Å².